The lowest BCUT2D eigenvalue weighted by Gasteiger charge is -2.47. The summed E-state index contributed by atoms with van der Waals surface area (Å²) in [6.45, 7) is 7.74. The Kier molecular flexibility index (Phi) is 3.81. The van der Waals surface area contributed by atoms with E-state index in [4.69, 9.17) is 5.26 Å². The highest BCUT2D eigenvalue weighted by atomic mass is 32.2. The highest BCUT2D eigenvalue weighted by molar-refractivity contribution is 7.89. The van der Waals surface area contributed by atoms with Crippen LogP contribution in [0.4, 0.5) is 0 Å². The Balaban J connectivity index is 1.69. The van der Waals surface area contributed by atoms with Gasteiger partial charge >= 0.3 is 0 Å². The van der Waals surface area contributed by atoms with Crippen LogP contribution in [0.25, 0.3) is 0 Å². The van der Waals surface area contributed by atoms with Crippen molar-refractivity contribution >= 4 is 10.0 Å². The summed E-state index contributed by atoms with van der Waals surface area (Å²) >= 11 is 0. The Labute approximate surface area is 131 Å². The maximum Gasteiger partial charge on any atom is 0.243 e. The minimum absolute atomic E-state index is 0.114. The number of rotatable bonds is 4. The third-order valence-corrected chi connectivity index (χ3v) is 6.36. The van der Waals surface area contributed by atoms with Crippen LogP contribution in [0.1, 0.15) is 12.0 Å². The second kappa shape index (κ2) is 5.51. The van der Waals surface area contributed by atoms with Gasteiger partial charge in [0.25, 0.3) is 0 Å². The number of nitriles is 1. The van der Waals surface area contributed by atoms with Crippen LogP contribution in [0.3, 0.4) is 0 Å². The van der Waals surface area contributed by atoms with Crippen LogP contribution in [0, 0.1) is 16.7 Å². The predicted octanol–water partition coefficient (Wildman–Crippen LogP) is 1.44. The highest BCUT2D eigenvalue weighted by Crippen LogP contribution is 2.41. The maximum absolute atomic E-state index is 12.6. The van der Waals surface area contributed by atoms with Gasteiger partial charge in [-0.15, -0.1) is 6.58 Å². The molecule has 6 heteroatoms. The van der Waals surface area contributed by atoms with Gasteiger partial charge in [-0.1, -0.05) is 6.08 Å². The third-order valence-electron chi connectivity index (χ3n) is 4.55. The standard InChI is InChI=1S/C16H19N3O2S/c1-2-8-18-9-7-16(11-18)12-19(13-16)22(20,21)15-5-3-14(10-17)4-6-15/h2-6H,1,7-9,11-13H2. The molecule has 1 aromatic rings. The van der Waals surface area contributed by atoms with Crippen molar-refractivity contribution in [3.8, 4) is 6.07 Å². The number of hydrogen-bond donors (Lipinski definition) is 0. The number of benzene rings is 1. The van der Waals surface area contributed by atoms with Gasteiger partial charge in [0, 0.05) is 31.6 Å². The first-order chi connectivity index (χ1) is 10.5. The first kappa shape index (κ1) is 15.2. The summed E-state index contributed by atoms with van der Waals surface area (Å²) in [6, 6.07) is 8.11. The molecule has 0 saturated carbocycles. The number of likely N-dealkylation sites (tertiary alicyclic amines) is 1. The zero-order valence-corrected chi connectivity index (χ0v) is 13.2. The van der Waals surface area contributed by atoms with Gasteiger partial charge in [-0.2, -0.15) is 9.57 Å². The highest BCUT2D eigenvalue weighted by Gasteiger charge is 2.51. The molecule has 3 rings (SSSR count). The summed E-state index contributed by atoms with van der Waals surface area (Å²) in [5, 5.41) is 8.78. The molecular weight excluding hydrogens is 298 g/mol. The van der Waals surface area contributed by atoms with E-state index in [0.29, 0.717) is 18.7 Å². The van der Waals surface area contributed by atoms with Crippen LogP contribution in [0.15, 0.2) is 41.8 Å². The van der Waals surface area contributed by atoms with Gasteiger partial charge in [-0.3, -0.25) is 4.90 Å². The van der Waals surface area contributed by atoms with E-state index >= 15 is 0 Å². The molecule has 0 unspecified atom stereocenters. The monoisotopic (exact) mass is 317 g/mol. The summed E-state index contributed by atoms with van der Waals surface area (Å²) in [5.41, 5.74) is 0.581. The zero-order valence-electron chi connectivity index (χ0n) is 12.4. The SMILES string of the molecule is C=CCN1CCC2(C1)CN(S(=O)(=O)c1ccc(C#N)cc1)C2. The molecule has 0 amide bonds. The Morgan fingerprint density at radius 2 is 1.95 bits per heavy atom. The molecule has 0 atom stereocenters. The Hall–Kier alpha value is -1.68. The van der Waals surface area contributed by atoms with Gasteiger partial charge < -0.3 is 0 Å². The van der Waals surface area contributed by atoms with E-state index in [1.165, 1.54) is 12.1 Å². The fourth-order valence-electron chi connectivity index (χ4n) is 3.35. The molecule has 2 heterocycles. The van der Waals surface area contributed by atoms with E-state index in [-0.39, 0.29) is 10.3 Å². The van der Waals surface area contributed by atoms with E-state index in [2.05, 4.69) is 11.5 Å². The van der Waals surface area contributed by atoms with Crippen molar-refractivity contribution in [3.63, 3.8) is 0 Å². The zero-order chi connectivity index (χ0) is 15.8. The molecule has 2 aliphatic rings. The van der Waals surface area contributed by atoms with Crippen molar-refractivity contribution in [2.24, 2.45) is 5.41 Å². The van der Waals surface area contributed by atoms with Gasteiger partial charge in [0.2, 0.25) is 10.0 Å². The van der Waals surface area contributed by atoms with Crippen LogP contribution in [-0.2, 0) is 10.0 Å². The summed E-state index contributed by atoms with van der Waals surface area (Å²) in [5.74, 6) is 0. The fourth-order valence-corrected chi connectivity index (χ4v) is 5.01. The van der Waals surface area contributed by atoms with Gasteiger partial charge in [0.05, 0.1) is 16.5 Å². The fraction of sp³-hybridized carbons (Fsp3) is 0.438. The quantitative estimate of drug-likeness (QED) is 0.788. The second-order valence-electron chi connectivity index (χ2n) is 6.18. The molecule has 0 radical (unpaired) electrons. The van der Waals surface area contributed by atoms with Crippen molar-refractivity contribution in [2.45, 2.75) is 11.3 Å². The van der Waals surface area contributed by atoms with Crippen molar-refractivity contribution in [1.82, 2.24) is 9.21 Å². The molecule has 0 aromatic heterocycles. The number of sulfonamides is 1. The first-order valence-electron chi connectivity index (χ1n) is 7.33. The van der Waals surface area contributed by atoms with E-state index < -0.39 is 10.0 Å². The molecule has 5 nitrogen and oxygen atoms in total. The molecule has 2 saturated heterocycles. The van der Waals surface area contributed by atoms with Crippen molar-refractivity contribution < 1.29 is 8.42 Å². The molecule has 1 aromatic carbocycles. The van der Waals surface area contributed by atoms with Crippen LogP contribution in [0.2, 0.25) is 0 Å². The summed E-state index contributed by atoms with van der Waals surface area (Å²) in [6.07, 6.45) is 2.93. The Bertz CT molecular complexity index is 713. The smallest absolute Gasteiger partial charge is 0.243 e. The topological polar surface area (TPSA) is 64.4 Å². The van der Waals surface area contributed by atoms with Gasteiger partial charge in [-0.25, -0.2) is 8.42 Å². The molecule has 2 aliphatic heterocycles. The normalized spacial score (nSPS) is 21.4. The van der Waals surface area contributed by atoms with Crippen LogP contribution >= 0.6 is 0 Å². The Morgan fingerprint density at radius 1 is 1.27 bits per heavy atom. The molecule has 22 heavy (non-hydrogen) atoms. The molecule has 1 spiro atoms. The lowest BCUT2D eigenvalue weighted by Crippen LogP contribution is -2.59. The Morgan fingerprint density at radius 3 is 2.55 bits per heavy atom. The molecule has 0 N–H and O–H groups in total. The van der Waals surface area contributed by atoms with Crippen LogP contribution < -0.4 is 0 Å². The predicted molar refractivity (Wildman–Crippen MR) is 83.6 cm³/mol. The summed E-state index contributed by atoms with van der Waals surface area (Å²) < 4.78 is 26.7. The number of hydrogen-bond acceptors (Lipinski definition) is 4. The van der Waals surface area contributed by atoms with Gasteiger partial charge in [-0.05, 0) is 37.2 Å². The molecule has 0 aliphatic carbocycles. The average Bonchev–Trinajstić information content (AvgIpc) is 2.91. The van der Waals surface area contributed by atoms with E-state index in [9.17, 15) is 8.42 Å². The minimum atomic E-state index is -3.44. The molecule has 2 fully saturated rings. The maximum atomic E-state index is 12.6. The van der Waals surface area contributed by atoms with Crippen molar-refractivity contribution in [3.05, 3.63) is 42.5 Å². The molecular formula is C16H19N3O2S. The van der Waals surface area contributed by atoms with Crippen molar-refractivity contribution in [1.29, 1.82) is 5.26 Å². The van der Waals surface area contributed by atoms with Gasteiger partial charge in [0.1, 0.15) is 0 Å². The lowest BCUT2D eigenvalue weighted by molar-refractivity contribution is 0.0795. The van der Waals surface area contributed by atoms with Crippen LogP contribution in [0.5, 0.6) is 0 Å². The average molecular weight is 317 g/mol. The van der Waals surface area contributed by atoms with Crippen molar-refractivity contribution in [2.75, 3.05) is 32.7 Å². The lowest BCUT2D eigenvalue weighted by atomic mass is 9.81. The van der Waals surface area contributed by atoms with Gasteiger partial charge in [0.15, 0.2) is 0 Å². The van der Waals surface area contributed by atoms with E-state index in [0.717, 1.165) is 26.1 Å². The minimum Gasteiger partial charge on any atom is -0.299 e. The molecule has 0 bridgehead atoms. The molecule has 116 valence electrons. The van der Waals surface area contributed by atoms with Crippen LogP contribution in [-0.4, -0.2) is 50.3 Å². The second-order valence-corrected chi connectivity index (χ2v) is 8.12. The summed E-state index contributed by atoms with van der Waals surface area (Å²) in [7, 11) is -3.44. The van der Waals surface area contributed by atoms with E-state index in [1.54, 1.807) is 16.4 Å². The first-order valence-corrected chi connectivity index (χ1v) is 8.77. The van der Waals surface area contributed by atoms with E-state index in [1.807, 2.05) is 12.1 Å². The summed E-state index contributed by atoms with van der Waals surface area (Å²) in [4.78, 5) is 2.58. The third kappa shape index (κ3) is 2.56. The largest absolute Gasteiger partial charge is 0.299 e. The number of nitrogens with zero attached hydrogens (tertiary/aromatic N) is 3.